The van der Waals surface area contributed by atoms with Gasteiger partial charge in [0.1, 0.15) is 10.9 Å². The van der Waals surface area contributed by atoms with Crippen LogP contribution in [0.5, 0.6) is 0 Å². The molecule has 0 aromatic carbocycles. The van der Waals surface area contributed by atoms with Gasteiger partial charge in [0.15, 0.2) is 0 Å². The van der Waals surface area contributed by atoms with Crippen LogP contribution in [0, 0.1) is 5.92 Å². The van der Waals surface area contributed by atoms with Crippen LogP contribution in [0.2, 0.25) is 0 Å². The van der Waals surface area contributed by atoms with E-state index in [0.29, 0.717) is 11.1 Å². The molecule has 0 aromatic rings. The summed E-state index contributed by atoms with van der Waals surface area (Å²) in [5, 5.41) is 3.87. The highest BCUT2D eigenvalue weighted by Crippen LogP contribution is 2.38. The van der Waals surface area contributed by atoms with Crippen molar-refractivity contribution in [1.29, 1.82) is 0 Å². The second-order valence-electron chi connectivity index (χ2n) is 3.53. The maximum Gasteiger partial charge on any atom is 0.127 e. The summed E-state index contributed by atoms with van der Waals surface area (Å²) in [4.78, 5) is 4.25. The first-order valence-corrected chi connectivity index (χ1v) is 4.57. The minimum Gasteiger partial charge on any atom is -0.363 e. The van der Waals surface area contributed by atoms with E-state index in [-0.39, 0.29) is 5.54 Å². The predicted molar refractivity (Wildman–Crippen MR) is 53.4 cm³/mol. The number of hydrogen-bond acceptors (Lipinski definition) is 2. The Hall–Kier alpha value is -0.500. The van der Waals surface area contributed by atoms with E-state index in [2.05, 4.69) is 31.1 Å². The first kappa shape index (κ1) is 9.59. The van der Waals surface area contributed by atoms with E-state index in [1.54, 1.807) is 6.21 Å². The van der Waals surface area contributed by atoms with Gasteiger partial charge in [-0.25, -0.2) is 0 Å². The van der Waals surface area contributed by atoms with Crippen molar-refractivity contribution in [1.82, 2.24) is 5.32 Å². The van der Waals surface area contributed by atoms with E-state index < -0.39 is 0 Å². The molecule has 1 atom stereocenters. The van der Waals surface area contributed by atoms with Crippen molar-refractivity contribution in [2.45, 2.75) is 33.2 Å². The Morgan fingerprint density at radius 2 is 2.17 bits per heavy atom. The summed E-state index contributed by atoms with van der Waals surface area (Å²) in [5.41, 5.74) is 0.936. The third kappa shape index (κ3) is 1.24. The third-order valence-corrected chi connectivity index (χ3v) is 2.76. The van der Waals surface area contributed by atoms with Gasteiger partial charge in [0, 0.05) is 6.21 Å². The molecule has 0 aliphatic carbocycles. The van der Waals surface area contributed by atoms with Gasteiger partial charge in [-0.15, -0.1) is 0 Å². The van der Waals surface area contributed by atoms with Crippen LogP contribution in [-0.2, 0) is 0 Å². The van der Waals surface area contributed by atoms with E-state index in [1.165, 1.54) is 0 Å². The van der Waals surface area contributed by atoms with Gasteiger partial charge in [-0.2, -0.15) is 0 Å². The van der Waals surface area contributed by atoms with Crippen LogP contribution >= 0.6 is 11.6 Å². The highest BCUT2D eigenvalue weighted by Gasteiger charge is 2.42. The molecule has 0 bridgehead atoms. The highest BCUT2D eigenvalue weighted by molar-refractivity contribution is 6.30. The summed E-state index contributed by atoms with van der Waals surface area (Å²) in [6.07, 6.45) is 1.78. The lowest BCUT2D eigenvalue weighted by Crippen LogP contribution is -2.55. The first-order valence-electron chi connectivity index (χ1n) is 4.19. The van der Waals surface area contributed by atoms with Crippen molar-refractivity contribution >= 4 is 17.8 Å². The van der Waals surface area contributed by atoms with Crippen molar-refractivity contribution < 1.29 is 0 Å². The lowest BCUT2D eigenvalue weighted by Gasteiger charge is -2.44. The van der Waals surface area contributed by atoms with Crippen LogP contribution in [-0.4, -0.2) is 11.8 Å². The quantitative estimate of drug-likeness (QED) is 0.520. The zero-order valence-electron chi connectivity index (χ0n) is 7.98. The average Bonchev–Trinajstić information content (AvgIpc) is 2.00. The lowest BCUT2D eigenvalue weighted by atomic mass is 9.81. The van der Waals surface area contributed by atoms with Crippen molar-refractivity contribution in [3.05, 3.63) is 10.9 Å². The molecule has 0 radical (unpaired) electrons. The van der Waals surface area contributed by atoms with Crippen LogP contribution in [0.15, 0.2) is 15.8 Å². The molecule has 0 amide bonds. The molecule has 0 saturated heterocycles. The molecule has 68 valence electrons. The molecule has 2 nitrogen and oxygen atoms in total. The van der Waals surface area contributed by atoms with Crippen molar-refractivity contribution in [3.8, 4) is 0 Å². The van der Waals surface area contributed by atoms with E-state index in [0.717, 1.165) is 5.70 Å². The molecule has 1 aliphatic heterocycles. The predicted octanol–water partition coefficient (Wildman–Crippen LogP) is 2.50. The maximum absolute atomic E-state index is 5.88. The molecular weight excluding hydrogens is 172 g/mol. The van der Waals surface area contributed by atoms with Crippen LogP contribution in [0.4, 0.5) is 0 Å². The van der Waals surface area contributed by atoms with Crippen LogP contribution in [0.25, 0.3) is 0 Å². The summed E-state index contributed by atoms with van der Waals surface area (Å²) in [5.74, 6) is 0.499. The second-order valence-corrected chi connectivity index (χ2v) is 3.91. The normalized spacial score (nSPS) is 29.5. The summed E-state index contributed by atoms with van der Waals surface area (Å²) in [6.45, 7) is 8.32. The molecule has 0 aromatic heterocycles. The molecule has 1 unspecified atom stereocenters. The SMILES string of the molecule is CC=NC1=C(Cl)NC1(C)C(C)C. The topological polar surface area (TPSA) is 24.4 Å². The average molecular weight is 187 g/mol. The monoisotopic (exact) mass is 186 g/mol. The van der Waals surface area contributed by atoms with Crippen molar-refractivity contribution in [3.63, 3.8) is 0 Å². The minimum atomic E-state index is -0.0381. The van der Waals surface area contributed by atoms with Gasteiger partial charge in [-0.05, 0) is 19.8 Å². The number of rotatable bonds is 2. The lowest BCUT2D eigenvalue weighted by molar-refractivity contribution is 0.297. The fourth-order valence-electron chi connectivity index (χ4n) is 1.25. The molecule has 1 heterocycles. The van der Waals surface area contributed by atoms with Gasteiger partial charge >= 0.3 is 0 Å². The van der Waals surface area contributed by atoms with Crippen molar-refractivity contribution in [2.75, 3.05) is 0 Å². The molecule has 0 spiro atoms. The number of halogens is 1. The summed E-state index contributed by atoms with van der Waals surface area (Å²) < 4.78 is 0. The van der Waals surface area contributed by atoms with Gasteiger partial charge in [0.2, 0.25) is 0 Å². The summed E-state index contributed by atoms with van der Waals surface area (Å²) >= 11 is 5.88. The third-order valence-electron chi connectivity index (χ3n) is 2.48. The number of nitrogens with zero attached hydrogens (tertiary/aromatic N) is 1. The smallest absolute Gasteiger partial charge is 0.127 e. The molecule has 1 aliphatic rings. The Morgan fingerprint density at radius 1 is 1.58 bits per heavy atom. The Morgan fingerprint density at radius 3 is 2.50 bits per heavy atom. The van der Waals surface area contributed by atoms with Gasteiger partial charge < -0.3 is 5.32 Å². The molecule has 1 N–H and O–H groups in total. The number of nitrogens with one attached hydrogen (secondary N) is 1. The largest absolute Gasteiger partial charge is 0.363 e. The van der Waals surface area contributed by atoms with Gasteiger partial charge in [0.25, 0.3) is 0 Å². The standard InChI is InChI=1S/C9H15ClN2/c1-5-11-7-8(10)12-9(7,4)6(2)3/h5-6,12H,1-4H3. The molecule has 12 heavy (non-hydrogen) atoms. The van der Waals surface area contributed by atoms with Crippen LogP contribution < -0.4 is 5.32 Å². The van der Waals surface area contributed by atoms with Gasteiger partial charge in [0.05, 0.1) is 5.54 Å². The summed E-state index contributed by atoms with van der Waals surface area (Å²) in [7, 11) is 0. The van der Waals surface area contributed by atoms with E-state index in [4.69, 9.17) is 11.6 Å². The summed E-state index contributed by atoms with van der Waals surface area (Å²) in [6, 6.07) is 0. The Kier molecular flexibility index (Phi) is 2.47. The van der Waals surface area contributed by atoms with Gasteiger partial charge in [-0.1, -0.05) is 25.4 Å². The molecule has 0 fully saturated rings. The minimum absolute atomic E-state index is 0.0381. The number of hydrogen-bond donors (Lipinski definition) is 1. The van der Waals surface area contributed by atoms with Gasteiger partial charge in [-0.3, -0.25) is 4.99 Å². The molecule has 1 rings (SSSR count). The molecule has 0 saturated carbocycles. The van der Waals surface area contributed by atoms with E-state index in [9.17, 15) is 0 Å². The van der Waals surface area contributed by atoms with E-state index >= 15 is 0 Å². The Bertz CT molecular complexity index is 243. The van der Waals surface area contributed by atoms with E-state index in [1.807, 2.05) is 6.92 Å². The Balaban J connectivity index is 2.90. The Labute approximate surface area is 78.7 Å². The zero-order valence-corrected chi connectivity index (χ0v) is 8.74. The fourth-order valence-corrected chi connectivity index (χ4v) is 1.69. The zero-order chi connectivity index (χ0) is 9.35. The van der Waals surface area contributed by atoms with Crippen LogP contribution in [0.1, 0.15) is 27.7 Å². The maximum atomic E-state index is 5.88. The highest BCUT2D eigenvalue weighted by atomic mass is 35.5. The second kappa shape index (κ2) is 3.09. The fraction of sp³-hybridized carbons (Fsp3) is 0.667. The van der Waals surface area contributed by atoms with Crippen molar-refractivity contribution in [2.24, 2.45) is 10.9 Å². The molecule has 3 heteroatoms. The number of aliphatic imine (C=N–C) groups is 1. The molecular formula is C9H15ClN2. The van der Waals surface area contributed by atoms with Crippen LogP contribution in [0.3, 0.4) is 0 Å². The first-order chi connectivity index (χ1) is 5.52.